The molecular weight excluding hydrogens is 349 g/mol. The van der Waals surface area contributed by atoms with Gasteiger partial charge >= 0.3 is 6.36 Å². The first kappa shape index (κ1) is 15.6. The first-order valence-electron chi connectivity index (χ1n) is 6.04. The first-order chi connectivity index (χ1) is 9.85. The Morgan fingerprint density at radius 3 is 2.71 bits per heavy atom. The highest BCUT2D eigenvalue weighted by atomic mass is 79.9. The van der Waals surface area contributed by atoms with Gasteiger partial charge in [-0.05, 0) is 42.3 Å². The van der Waals surface area contributed by atoms with Crippen molar-refractivity contribution < 1.29 is 17.9 Å². The average Bonchev–Trinajstić information content (AvgIpc) is 2.38. The van der Waals surface area contributed by atoms with E-state index in [2.05, 4.69) is 31.0 Å². The molecular formula is C14H12BrF3N2O. The van der Waals surface area contributed by atoms with E-state index in [1.165, 1.54) is 12.1 Å². The fourth-order valence-corrected chi connectivity index (χ4v) is 2.06. The van der Waals surface area contributed by atoms with Gasteiger partial charge in [0.05, 0.1) is 5.69 Å². The van der Waals surface area contributed by atoms with E-state index in [-0.39, 0.29) is 11.4 Å². The van der Waals surface area contributed by atoms with Crippen molar-refractivity contribution in [3.63, 3.8) is 0 Å². The molecule has 0 spiro atoms. The van der Waals surface area contributed by atoms with E-state index in [9.17, 15) is 13.2 Å². The predicted molar refractivity (Wildman–Crippen MR) is 77.1 cm³/mol. The smallest absolute Gasteiger partial charge is 0.404 e. The minimum Gasteiger partial charge on any atom is -0.404 e. The number of aryl methyl sites for hydroxylation is 1. The maximum atomic E-state index is 12.4. The van der Waals surface area contributed by atoms with Crippen LogP contribution in [0.1, 0.15) is 11.1 Å². The fraction of sp³-hybridized carbons (Fsp3) is 0.214. The number of anilines is 1. The molecule has 21 heavy (non-hydrogen) atoms. The summed E-state index contributed by atoms with van der Waals surface area (Å²) in [5.74, 6) is -0.279. The number of hydrogen-bond donors (Lipinski definition) is 1. The Balaban J connectivity index is 2.18. The van der Waals surface area contributed by atoms with E-state index in [4.69, 9.17) is 0 Å². The second-order valence-corrected chi connectivity index (χ2v) is 5.26. The van der Waals surface area contributed by atoms with Crippen LogP contribution in [-0.2, 0) is 6.54 Å². The maximum absolute atomic E-state index is 12.4. The quantitative estimate of drug-likeness (QED) is 0.860. The number of nitrogens with one attached hydrogen (secondary N) is 1. The second kappa shape index (κ2) is 6.34. The second-order valence-electron chi connectivity index (χ2n) is 4.34. The van der Waals surface area contributed by atoms with Gasteiger partial charge in [0.1, 0.15) is 0 Å². The molecule has 0 bridgehead atoms. The normalized spacial score (nSPS) is 11.3. The van der Waals surface area contributed by atoms with Crippen LogP contribution in [0.3, 0.4) is 0 Å². The topological polar surface area (TPSA) is 34.2 Å². The van der Waals surface area contributed by atoms with Crippen molar-refractivity contribution in [3.8, 4) is 5.75 Å². The summed E-state index contributed by atoms with van der Waals surface area (Å²) in [6, 6.07) is 6.27. The number of benzene rings is 1. The van der Waals surface area contributed by atoms with Crippen LogP contribution >= 0.6 is 15.9 Å². The zero-order chi connectivity index (χ0) is 15.5. The molecule has 0 aliphatic carbocycles. The lowest BCUT2D eigenvalue weighted by molar-refractivity contribution is -0.274. The van der Waals surface area contributed by atoms with Crippen molar-refractivity contribution in [2.24, 2.45) is 0 Å². The van der Waals surface area contributed by atoms with Gasteiger partial charge in [-0.15, -0.1) is 13.2 Å². The van der Waals surface area contributed by atoms with Gasteiger partial charge < -0.3 is 10.1 Å². The SMILES string of the molecule is Cc1ccncc1CNc1ccc(Br)cc1OC(F)(F)F. The molecule has 7 heteroatoms. The summed E-state index contributed by atoms with van der Waals surface area (Å²) in [4.78, 5) is 4.00. The molecule has 0 fully saturated rings. The third-order valence-corrected chi connectivity index (χ3v) is 3.28. The summed E-state index contributed by atoms with van der Waals surface area (Å²) in [5, 5.41) is 2.93. The van der Waals surface area contributed by atoms with E-state index in [0.29, 0.717) is 11.0 Å². The van der Waals surface area contributed by atoms with Crippen LogP contribution in [-0.4, -0.2) is 11.3 Å². The van der Waals surface area contributed by atoms with Crippen LogP contribution in [0, 0.1) is 6.92 Å². The predicted octanol–water partition coefficient (Wildman–Crippen LogP) is 4.66. The Hall–Kier alpha value is -1.76. The Bertz CT molecular complexity index is 632. The Morgan fingerprint density at radius 2 is 2.05 bits per heavy atom. The average molecular weight is 361 g/mol. The van der Waals surface area contributed by atoms with Gasteiger partial charge in [0.15, 0.2) is 5.75 Å². The van der Waals surface area contributed by atoms with E-state index in [1.807, 2.05) is 13.0 Å². The number of hydrogen-bond acceptors (Lipinski definition) is 3. The van der Waals surface area contributed by atoms with Gasteiger partial charge in [-0.3, -0.25) is 4.98 Å². The highest BCUT2D eigenvalue weighted by molar-refractivity contribution is 9.10. The Morgan fingerprint density at radius 1 is 1.29 bits per heavy atom. The van der Waals surface area contributed by atoms with Crippen LogP contribution in [0.15, 0.2) is 41.1 Å². The molecule has 3 nitrogen and oxygen atoms in total. The van der Waals surface area contributed by atoms with Gasteiger partial charge in [0.25, 0.3) is 0 Å². The van der Waals surface area contributed by atoms with E-state index in [0.717, 1.165) is 11.1 Å². The Kier molecular flexibility index (Phi) is 4.72. The number of aromatic nitrogens is 1. The lowest BCUT2D eigenvalue weighted by atomic mass is 10.1. The molecule has 1 aromatic carbocycles. The van der Waals surface area contributed by atoms with Gasteiger partial charge in [0, 0.05) is 23.4 Å². The molecule has 1 aromatic heterocycles. The van der Waals surface area contributed by atoms with Crippen LogP contribution in [0.5, 0.6) is 5.75 Å². The van der Waals surface area contributed by atoms with Crippen molar-refractivity contribution in [3.05, 3.63) is 52.3 Å². The summed E-state index contributed by atoms with van der Waals surface area (Å²) in [5.41, 5.74) is 2.17. The number of ether oxygens (including phenoxy) is 1. The molecule has 0 saturated heterocycles. The maximum Gasteiger partial charge on any atom is 0.573 e. The van der Waals surface area contributed by atoms with Crippen LogP contribution in [0.25, 0.3) is 0 Å². The van der Waals surface area contributed by atoms with Gasteiger partial charge in [0.2, 0.25) is 0 Å². The monoisotopic (exact) mass is 360 g/mol. The number of nitrogens with zero attached hydrogens (tertiary/aromatic N) is 1. The van der Waals surface area contributed by atoms with Crippen molar-refractivity contribution >= 4 is 21.6 Å². The molecule has 2 aromatic rings. The van der Waals surface area contributed by atoms with E-state index in [1.54, 1.807) is 18.5 Å². The standard InChI is InChI=1S/C14H12BrF3N2O/c1-9-4-5-19-7-10(9)8-20-12-3-2-11(15)6-13(12)21-14(16,17)18/h2-7,20H,8H2,1H3. The minimum atomic E-state index is -4.73. The highest BCUT2D eigenvalue weighted by Gasteiger charge is 2.32. The van der Waals surface area contributed by atoms with Gasteiger partial charge in [-0.2, -0.15) is 0 Å². The first-order valence-corrected chi connectivity index (χ1v) is 6.83. The fourth-order valence-electron chi connectivity index (χ4n) is 1.72. The molecule has 0 aliphatic heterocycles. The zero-order valence-corrected chi connectivity index (χ0v) is 12.6. The molecule has 1 N–H and O–H groups in total. The summed E-state index contributed by atoms with van der Waals surface area (Å²) in [6.45, 7) is 2.27. The van der Waals surface area contributed by atoms with Crippen molar-refractivity contribution in [1.82, 2.24) is 4.98 Å². The molecule has 0 saturated carbocycles. The zero-order valence-electron chi connectivity index (χ0n) is 11.0. The van der Waals surface area contributed by atoms with Crippen molar-refractivity contribution in [1.29, 1.82) is 0 Å². The van der Waals surface area contributed by atoms with E-state index >= 15 is 0 Å². The van der Waals surface area contributed by atoms with Crippen molar-refractivity contribution in [2.75, 3.05) is 5.32 Å². The highest BCUT2D eigenvalue weighted by Crippen LogP contribution is 2.33. The molecule has 0 aliphatic rings. The molecule has 0 amide bonds. The largest absolute Gasteiger partial charge is 0.573 e. The van der Waals surface area contributed by atoms with Crippen molar-refractivity contribution in [2.45, 2.75) is 19.8 Å². The molecule has 1 heterocycles. The summed E-state index contributed by atoms with van der Waals surface area (Å²) in [7, 11) is 0. The lowest BCUT2D eigenvalue weighted by Crippen LogP contribution is -2.18. The van der Waals surface area contributed by atoms with Crippen LogP contribution in [0.4, 0.5) is 18.9 Å². The molecule has 0 unspecified atom stereocenters. The molecule has 2 rings (SSSR count). The number of halogens is 4. The van der Waals surface area contributed by atoms with Crippen LogP contribution in [0.2, 0.25) is 0 Å². The van der Waals surface area contributed by atoms with E-state index < -0.39 is 6.36 Å². The number of rotatable bonds is 4. The van der Waals surface area contributed by atoms with Gasteiger partial charge in [-0.1, -0.05) is 15.9 Å². The Labute approximate surface area is 128 Å². The lowest BCUT2D eigenvalue weighted by Gasteiger charge is -2.15. The van der Waals surface area contributed by atoms with Gasteiger partial charge in [-0.25, -0.2) is 0 Å². The summed E-state index contributed by atoms with van der Waals surface area (Å²) in [6.07, 6.45) is -1.40. The third-order valence-electron chi connectivity index (χ3n) is 2.79. The summed E-state index contributed by atoms with van der Waals surface area (Å²) >= 11 is 3.13. The number of pyridine rings is 1. The molecule has 0 radical (unpaired) electrons. The summed E-state index contributed by atoms with van der Waals surface area (Å²) < 4.78 is 41.7. The number of alkyl halides is 3. The molecule has 112 valence electrons. The molecule has 0 atom stereocenters. The third kappa shape index (κ3) is 4.63. The van der Waals surface area contributed by atoms with Crippen LogP contribution < -0.4 is 10.1 Å². The minimum absolute atomic E-state index is 0.263.